The van der Waals surface area contributed by atoms with Crippen LogP contribution < -0.4 is 5.32 Å². The zero-order valence-corrected chi connectivity index (χ0v) is 9.80. The van der Waals surface area contributed by atoms with Gasteiger partial charge in [0.2, 0.25) is 5.91 Å². The summed E-state index contributed by atoms with van der Waals surface area (Å²) in [6.07, 6.45) is 5.30. The molecule has 1 N–H and O–H groups in total. The van der Waals surface area contributed by atoms with Crippen molar-refractivity contribution in [2.75, 3.05) is 6.54 Å². The lowest BCUT2D eigenvalue weighted by Crippen LogP contribution is -2.38. The van der Waals surface area contributed by atoms with E-state index in [0.717, 1.165) is 0 Å². The number of amides is 1. The van der Waals surface area contributed by atoms with Gasteiger partial charge in [0, 0.05) is 19.0 Å². The van der Waals surface area contributed by atoms with E-state index < -0.39 is 5.92 Å². The summed E-state index contributed by atoms with van der Waals surface area (Å²) in [6, 6.07) is 3.33. The van der Waals surface area contributed by atoms with Crippen molar-refractivity contribution in [2.45, 2.75) is 12.8 Å². The Kier molecular flexibility index (Phi) is 2.66. The van der Waals surface area contributed by atoms with E-state index in [1.54, 1.807) is 18.3 Å². The maximum atomic E-state index is 12.1. The highest BCUT2D eigenvalue weighted by atomic mass is 16.2. The summed E-state index contributed by atoms with van der Waals surface area (Å²) >= 11 is 0. The average molecular weight is 243 g/mol. The van der Waals surface area contributed by atoms with Crippen molar-refractivity contribution in [1.29, 1.82) is 0 Å². The van der Waals surface area contributed by atoms with Gasteiger partial charge >= 0.3 is 0 Å². The molecule has 0 aromatic carbocycles. The predicted molar refractivity (Wildman–Crippen MR) is 65.9 cm³/mol. The molecule has 0 radical (unpaired) electrons. The molecule has 5 heteroatoms. The fraction of sp³-hybridized carbons (Fsp3) is 0.385. The molecule has 1 aliphatic carbocycles. The molecule has 0 saturated heterocycles. The molecule has 0 spiro atoms. The Bertz CT molecular complexity index is 535. The van der Waals surface area contributed by atoms with Crippen LogP contribution in [-0.4, -0.2) is 29.4 Å². The Balaban J connectivity index is 1.75. The number of hydrogen-bond acceptors (Lipinski definition) is 4. The Morgan fingerprint density at radius 2 is 2.28 bits per heavy atom. The average Bonchev–Trinajstić information content (AvgIpc) is 3.21. The monoisotopic (exact) mass is 243 g/mol. The summed E-state index contributed by atoms with van der Waals surface area (Å²) in [7, 11) is 0. The zero-order valence-electron chi connectivity index (χ0n) is 9.80. The fourth-order valence-corrected chi connectivity index (χ4v) is 1.94. The van der Waals surface area contributed by atoms with E-state index in [1.807, 2.05) is 0 Å². The molecule has 1 atom stereocenters. The molecule has 2 heterocycles. The minimum Gasteiger partial charge on any atom is -0.355 e. The van der Waals surface area contributed by atoms with E-state index in [1.165, 1.54) is 19.1 Å². The van der Waals surface area contributed by atoms with E-state index in [4.69, 9.17) is 0 Å². The second-order valence-corrected chi connectivity index (χ2v) is 4.68. The molecule has 3 rings (SSSR count). The summed E-state index contributed by atoms with van der Waals surface area (Å²) in [4.78, 5) is 32.1. The van der Waals surface area contributed by atoms with Crippen molar-refractivity contribution >= 4 is 23.7 Å². The number of ketones is 1. The van der Waals surface area contributed by atoms with Crippen LogP contribution in [0.5, 0.6) is 0 Å². The molecule has 1 saturated carbocycles. The van der Waals surface area contributed by atoms with Crippen molar-refractivity contribution in [3.8, 4) is 0 Å². The van der Waals surface area contributed by atoms with Gasteiger partial charge in [0.05, 0.1) is 5.56 Å². The Hall–Kier alpha value is -2.04. The van der Waals surface area contributed by atoms with Crippen molar-refractivity contribution in [2.24, 2.45) is 16.8 Å². The minimum atomic E-state index is -0.805. The number of aromatic nitrogens is 1. The predicted octanol–water partition coefficient (Wildman–Crippen LogP) is 1.12. The van der Waals surface area contributed by atoms with Crippen LogP contribution in [0.3, 0.4) is 0 Å². The molecule has 1 aliphatic heterocycles. The molecule has 92 valence electrons. The van der Waals surface area contributed by atoms with Crippen LogP contribution in [0.25, 0.3) is 0 Å². The molecule has 5 nitrogen and oxygen atoms in total. The Morgan fingerprint density at radius 3 is 3.06 bits per heavy atom. The van der Waals surface area contributed by atoms with E-state index in [0.29, 0.717) is 23.8 Å². The van der Waals surface area contributed by atoms with E-state index in [-0.39, 0.29) is 11.7 Å². The largest absolute Gasteiger partial charge is 0.355 e. The highest BCUT2D eigenvalue weighted by molar-refractivity contribution is 6.23. The van der Waals surface area contributed by atoms with Gasteiger partial charge in [-0.3, -0.25) is 9.59 Å². The van der Waals surface area contributed by atoms with Gasteiger partial charge in [0.15, 0.2) is 11.6 Å². The first kappa shape index (κ1) is 11.1. The topological polar surface area (TPSA) is 71.4 Å². The third-order valence-electron chi connectivity index (χ3n) is 3.22. The number of aliphatic imine (C=N–C) groups is 1. The molecule has 1 amide bonds. The number of pyridine rings is 1. The molecule has 0 bridgehead atoms. The van der Waals surface area contributed by atoms with Gasteiger partial charge < -0.3 is 5.32 Å². The number of rotatable bonds is 3. The lowest BCUT2D eigenvalue weighted by Gasteiger charge is -2.16. The van der Waals surface area contributed by atoms with Crippen LogP contribution in [0.2, 0.25) is 0 Å². The quantitative estimate of drug-likeness (QED) is 0.809. The van der Waals surface area contributed by atoms with Gasteiger partial charge in [-0.1, -0.05) is 0 Å². The van der Waals surface area contributed by atoms with E-state index >= 15 is 0 Å². The lowest BCUT2D eigenvalue weighted by atomic mass is 9.96. The van der Waals surface area contributed by atoms with Crippen LogP contribution in [0.4, 0.5) is 5.82 Å². The van der Waals surface area contributed by atoms with Gasteiger partial charge in [-0.15, -0.1) is 0 Å². The number of nitrogens with one attached hydrogen (secondary N) is 1. The summed E-state index contributed by atoms with van der Waals surface area (Å²) in [5, 5.41) is 2.80. The Labute approximate surface area is 104 Å². The maximum absolute atomic E-state index is 12.1. The number of carbonyl (C=O) groups is 2. The van der Waals surface area contributed by atoms with Crippen LogP contribution >= 0.6 is 0 Å². The normalized spacial score (nSPS) is 21.6. The van der Waals surface area contributed by atoms with Crippen molar-refractivity contribution in [3.05, 3.63) is 23.9 Å². The van der Waals surface area contributed by atoms with Gasteiger partial charge in [0.1, 0.15) is 5.92 Å². The minimum absolute atomic E-state index is 0.221. The molecular formula is C13H13N3O2. The first-order chi connectivity index (χ1) is 8.75. The van der Waals surface area contributed by atoms with Crippen LogP contribution in [0.1, 0.15) is 23.2 Å². The molecule has 1 fully saturated rings. The third kappa shape index (κ3) is 2.03. The number of carbonyl (C=O) groups excluding carboxylic acids is 2. The van der Waals surface area contributed by atoms with Crippen molar-refractivity contribution in [3.63, 3.8) is 0 Å². The van der Waals surface area contributed by atoms with Crippen LogP contribution in [-0.2, 0) is 4.79 Å². The van der Waals surface area contributed by atoms with Crippen LogP contribution in [0, 0.1) is 11.8 Å². The summed E-state index contributed by atoms with van der Waals surface area (Å²) in [5.41, 5.74) is 0.423. The highest BCUT2D eigenvalue weighted by Gasteiger charge is 2.32. The fourth-order valence-electron chi connectivity index (χ4n) is 1.94. The zero-order chi connectivity index (χ0) is 12.5. The standard InChI is InChI=1S/C13H13N3O2/c17-11-9-2-1-5-14-12(9)15-7-10(11)13(18)16-6-8-3-4-8/h1-2,5,7-8,10H,3-4,6H2,(H,16,18). The Morgan fingerprint density at radius 1 is 1.44 bits per heavy atom. The summed E-state index contributed by atoms with van der Waals surface area (Å²) in [6.45, 7) is 0.663. The van der Waals surface area contributed by atoms with Gasteiger partial charge in [0.25, 0.3) is 0 Å². The number of fused-ring (bicyclic) bond motifs is 1. The smallest absolute Gasteiger partial charge is 0.236 e. The first-order valence-electron chi connectivity index (χ1n) is 6.07. The third-order valence-corrected chi connectivity index (χ3v) is 3.22. The molecule has 18 heavy (non-hydrogen) atoms. The highest BCUT2D eigenvalue weighted by Crippen LogP contribution is 2.28. The number of Topliss-reactive ketones (excluding diaryl/α,β-unsaturated/α-hetero) is 1. The van der Waals surface area contributed by atoms with Gasteiger partial charge in [-0.25, -0.2) is 9.98 Å². The van der Waals surface area contributed by atoms with Crippen molar-refractivity contribution < 1.29 is 9.59 Å². The van der Waals surface area contributed by atoms with Crippen molar-refractivity contribution in [1.82, 2.24) is 10.3 Å². The van der Waals surface area contributed by atoms with E-state index in [2.05, 4.69) is 15.3 Å². The summed E-state index contributed by atoms with van der Waals surface area (Å²) < 4.78 is 0. The van der Waals surface area contributed by atoms with Crippen LogP contribution in [0.15, 0.2) is 23.3 Å². The van der Waals surface area contributed by atoms with E-state index in [9.17, 15) is 9.59 Å². The van der Waals surface area contributed by atoms with Gasteiger partial charge in [-0.2, -0.15) is 0 Å². The number of nitrogens with zero attached hydrogens (tertiary/aromatic N) is 2. The SMILES string of the molecule is O=C(NCC1CC1)C1C=Nc2ncccc2C1=O. The maximum Gasteiger partial charge on any atom is 0.236 e. The number of hydrogen-bond donors (Lipinski definition) is 1. The molecule has 2 aliphatic rings. The molecule has 1 aromatic rings. The van der Waals surface area contributed by atoms with Gasteiger partial charge in [-0.05, 0) is 30.9 Å². The molecule has 1 unspecified atom stereocenters. The molecule has 1 aromatic heterocycles. The summed E-state index contributed by atoms with van der Waals surface area (Å²) in [5.74, 6) is -0.292. The second-order valence-electron chi connectivity index (χ2n) is 4.68. The first-order valence-corrected chi connectivity index (χ1v) is 6.07. The second kappa shape index (κ2) is 4.33. The lowest BCUT2D eigenvalue weighted by molar-refractivity contribution is -0.121. The molecular weight excluding hydrogens is 230 g/mol.